The van der Waals surface area contributed by atoms with Crippen LogP contribution in [0.15, 0.2) is 24.3 Å². The first kappa shape index (κ1) is 18.4. The quantitative estimate of drug-likeness (QED) is 0.726. The maximum atomic E-state index is 12.8. The van der Waals surface area contributed by atoms with Crippen molar-refractivity contribution in [1.82, 2.24) is 0 Å². The van der Waals surface area contributed by atoms with Gasteiger partial charge in [0.05, 0.1) is 25.1 Å². The number of ether oxygens (including phenoxy) is 1. The Balaban J connectivity index is 2.06. The average molecular weight is 354 g/mol. The molecule has 138 valence electrons. The lowest BCUT2D eigenvalue weighted by atomic mass is 9.64. The fraction of sp³-hybridized carbons (Fsp3) is 0.571. The summed E-state index contributed by atoms with van der Waals surface area (Å²) >= 11 is 0. The predicted octanol–water partition coefficient (Wildman–Crippen LogP) is 3.93. The van der Waals surface area contributed by atoms with Crippen LogP contribution >= 0.6 is 0 Å². The fourth-order valence-electron chi connectivity index (χ4n) is 4.90. The third-order valence-electron chi connectivity index (χ3n) is 6.12. The van der Waals surface area contributed by atoms with Gasteiger partial charge in [-0.2, -0.15) is 5.26 Å². The number of benzene rings is 1. The molecule has 1 aromatic rings. The lowest BCUT2D eigenvalue weighted by Crippen LogP contribution is -2.55. The van der Waals surface area contributed by atoms with Crippen molar-refractivity contribution < 1.29 is 14.3 Å². The SMILES string of the molecule is CCOC(=O)CC1c2ccccc2N2C(=O)CCC(CC)(CCC#N)C12. The van der Waals surface area contributed by atoms with Crippen LogP contribution in [0.2, 0.25) is 0 Å². The number of anilines is 1. The van der Waals surface area contributed by atoms with Crippen LogP contribution in [0, 0.1) is 16.7 Å². The molecule has 2 aliphatic heterocycles. The summed E-state index contributed by atoms with van der Waals surface area (Å²) in [6.45, 7) is 4.30. The molecule has 0 aromatic heterocycles. The number of carbonyl (C=O) groups excluding carboxylic acids is 2. The van der Waals surface area contributed by atoms with Gasteiger partial charge >= 0.3 is 5.97 Å². The summed E-state index contributed by atoms with van der Waals surface area (Å²) in [6, 6.07) is 10.1. The highest BCUT2D eigenvalue weighted by molar-refractivity contribution is 5.98. The Morgan fingerprint density at radius 1 is 1.38 bits per heavy atom. The van der Waals surface area contributed by atoms with Gasteiger partial charge in [0.1, 0.15) is 0 Å². The predicted molar refractivity (Wildman–Crippen MR) is 98.5 cm³/mol. The van der Waals surface area contributed by atoms with Crippen LogP contribution in [-0.2, 0) is 14.3 Å². The van der Waals surface area contributed by atoms with Gasteiger partial charge in [-0.3, -0.25) is 9.59 Å². The summed E-state index contributed by atoms with van der Waals surface area (Å²) in [5.41, 5.74) is 1.83. The molecule has 3 unspecified atom stereocenters. The molecule has 26 heavy (non-hydrogen) atoms. The molecule has 0 saturated carbocycles. The molecule has 0 aliphatic carbocycles. The van der Waals surface area contributed by atoms with E-state index in [-0.39, 0.29) is 35.7 Å². The Morgan fingerprint density at radius 2 is 2.15 bits per heavy atom. The number of hydrogen-bond acceptors (Lipinski definition) is 4. The standard InChI is InChI=1S/C21H26N2O3/c1-3-21(11-7-13-22)12-10-18(24)23-17-9-6-5-8-15(17)16(20(21)23)14-19(25)26-4-2/h5-6,8-9,16,20H,3-4,7,10-12,14H2,1-2H3. The van der Waals surface area contributed by atoms with Gasteiger partial charge in [0.25, 0.3) is 0 Å². The summed E-state index contributed by atoms with van der Waals surface area (Å²) in [5.74, 6) is -0.180. The van der Waals surface area contributed by atoms with Crippen LogP contribution in [0.4, 0.5) is 5.69 Å². The number of carbonyl (C=O) groups is 2. The van der Waals surface area contributed by atoms with Crippen LogP contribution in [0.25, 0.3) is 0 Å². The molecule has 1 amide bonds. The molecule has 3 rings (SSSR count). The number of piperidine rings is 1. The van der Waals surface area contributed by atoms with Crippen LogP contribution in [0.5, 0.6) is 0 Å². The maximum Gasteiger partial charge on any atom is 0.306 e. The number of fused-ring (bicyclic) bond motifs is 3. The Morgan fingerprint density at radius 3 is 2.85 bits per heavy atom. The normalized spacial score (nSPS) is 26.8. The molecule has 1 aromatic carbocycles. The molecule has 3 atom stereocenters. The van der Waals surface area contributed by atoms with E-state index >= 15 is 0 Å². The van der Waals surface area contributed by atoms with E-state index in [2.05, 4.69) is 13.0 Å². The van der Waals surface area contributed by atoms with Crippen molar-refractivity contribution in [3.05, 3.63) is 29.8 Å². The zero-order valence-corrected chi connectivity index (χ0v) is 15.5. The molecule has 1 saturated heterocycles. The summed E-state index contributed by atoms with van der Waals surface area (Å²) < 4.78 is 5.21. The summed E-state index contributed by atoms with van der Waals surface area (Å²) in [4.78, 5) is 27.0. The Bertz CT molecular complexity index is 739. The second-order valence-electron chi connectivity index (χ2n) is 7.26. The third-order valence-corrected chi connectivity index (χ3v) is 6.12. The second kappa shape index (κ2) is 7.49. The van der Waals surface area contributed by atoms with Crippen molar-refractivity contribution in [2.24, 2.45) is 5.41 Å². The molecule has 2 heterocycles. The topological polar surface area (TPSA) is 70.4 Å². The number of para-hydroxylation sites is 1. The number of amides is 1. The average Bonchev–Trinajstić information content (AvgIpc) is 2.98. The van der Waals surface area contributed by atoms with Gasteiger partial charge in [-0.05, 0) is 43.2 Å². The van der Waals surface area contributed by atoms with E-state index in [0.717, 1.165) is 30.5 Å². The number of rotatable bonds is 6. The largest absolute Gasteiger partial charge is 0.466 e. The van der Waals surface area contributed by atoms with Crippen molar-refractivity contribution >= 4 is 17.6 Å². The van der Waals surface area contributed by atoms with Crippen molar-refractivity contribution in [3.8, 4) is 6.07 Å². The fourth-order valence-corrected chi connectivity index (χ4v) is 4.90. The highest BCUT2D eigenvalue weighted by atomic mass is 16.5. The first-order valence-corrected chi connectivity index (χ1v) is 9.51. The molecule has 1 fully saturated rings. The minimum Gasteiger partial charge on any atom is -0.466 e. The van der Waals surface area contributed by atoms with E-state index in [4.69, 9.17) is 10.00 Å². The molecule has 0 N–H and O–H groups in total. The van der Waals surface area contributed by atoms with Gasteiger partial charge in [0.15, 0.2) is 0 Å². The molecule has 5 nitrogen and oxygen atoms in total. The minimum atomic E-state index is -0.225. The van der Waals surface area contributed by atoms with Crippen molar-refractivity contribution in [3.63, 3.8) is 0 Å². The van der Waals surface area contributed by atoms with Crippen LogP contribution in [0.1, 0.15) is 63.9 Å². The van der Waals surface area contributed by atoms with E-state index in [1.165, 1.54) is 0 Å². The van der Waals surface area contributed by atoms with Gasteiger partial charge in [-0.1, -0.05) is 25.1 Å². The van der Waals surface area contributed by atoms with E-state index < -0.39 is 0 Å². The first-order chi connectivity index (χ1) is 12.6. The van der Waals surface area contributed by atoms with E-state index in [9.17, 15) is 9.59 Å². The van der Waals surface area contributed by atoms with Gasteiger partial charge in [-0.25, -0.2) is 0 Å². The first-order valence-electron chi connectivity index (χ1n) is 9.51. The van der Waals surface area contributed by atoms with E-state index in [1.54, 1.807) is 6.92 Å². The number of nitrogens with zero attached hydrogens (tertiary/aromatic N) is 2. The minimum absolute atomic E-state index is 0.0758. The number of nitriles is 1. The Kier molecular flexibility index (Phi) is 5.31. The second-order valence-corrected chi connectivity index (χ2v) is 7.26. The highest BCUT2D eigenvalue weighted by Crippen LogP contribution is 2.56. The van der Waals surface area contributed by atoms with Gasteiger partial charge < -0.3 is 9.64 Å². The maximum absolute atomic E-state index is 12.8. The molecule has 5 heteroatoms. The number of hydrogen-bond donors (Lipinski definition) is 0. The van der Waals surface area contributed by atoms with Crippen molar-refractivity contribution in [2.75, 3.05) is 11.5 Å². The molecule has 0 bridgehead atoms. The van der Waals surface area contributed by atoms with Gasteiger partial charge in [0.2, 0.25) is 5.91 Å². The number of esters is 1. The summed E-state index contributed by atoms with van der Waals surface area (Å²) in [6.07, 6.45) is 3.65. The lowest BCUT2D eigenvalue weighted by molar-refractivity contribution is -0.144. The van der Waals surface area contributed by atoms with Crippen molar-refractivity contribution in [1.29, 1.82) is 5.26 Å². The van der Waals surface area contributed by atoms with E-state index in [0.29, 0.717) is 19.4 Å². The van der Waals surface area contributed by atoms with Crippen LogP contribution < -0.4 is 4.90 Å². The molecule has 0 spiro atoms. The van der Waals surface area contributed by atoms with Crippen LogP contribution in [-0.4, -0.2) is 24.5 Å². The monoisotopic (exact) mass is 354 g/mol. The van der Waals surface area contributed by atoms with Crippen LogP contribution in [0.3, 0.4) is 0 Å². The summed E-state index contributed by atoms with van der Waals surface area (Å²) in [7, 11) is 0. The zero-order valence-electron chi connectivity index (χ0n) is 15.5. The molecular formula is C21H26N2O3. The van der Waals surface area contributed by atoms with E-state index in [1.807, 2.05) is 29.2 Å². The molecule has 0 radical (unpaired) electrons. The highest BCUT2D eigenvalue weighted by Gasteiger charge is 2.54. The lowest BCUT2D eigenvalue weighted by Gasteiger charge is -2.48. The van der Waals surface area contributed by atoms with Crippen molar-refractivity contribution in [2.45, 2.75) is 64.3 Å². The third kappa shape index (κ3) is 2.98. The Hall–Kier alpha value is -2.35. The smallest absolute Gasteiger partial charge is 0.306 e. The zero-order chi connectivity index (χ0) is 18.7. The van der Waals surface area contributed by atoms with Gasteiger partial charge in [-0.15, -0.1) is 0 Å². The molecular weight excluding hydrogens is 328 g/mol. The van der Waals surface area contributed by atoms with Gasteiger partial charge in [0, 0.05) is 24.4 Å². The Labute approximate surface area is 154 Å². The summed E-state index contributed by atoms with van der Waals surface area (Å²) in [5, 5.41) is 9.15. The molecule has 2 aliphatic rings.